The third-order valence-electron chi connectivity index (χ3n) is 3.96. The number of nitrogens with one attached hydrogen (secondary N) is 1. The van der Waals surface area contributed by atoms with Crippen LogP contribution in [0.15, 0.2) is 28.0 Å². The van der Waals surface area contributed by atoms with E-state index in [1.807, 2.05) is 18.5 Å². The molecule has 0 amide bonds. The fourth-order valence-electron chi connectivity index (χ4n) is 2.71. The molecule has 1 saturated carbocycles. The summed E-state index contributed by atoms with van der Waals surface area (Å²) in [4.78, 5) is 0. The molecule has 0 spiro atoms. The van der Waals surface area contributed by atoms with Crippen LogP contribution in [0.5, 0.6) is 0 Å². The van der Waals surface area contributed by atoms with Crippen molar-refractivity contribution in [3.63, 3.8) is 0 Å². The van der Waals surface area contributed by atoms with E-state index in [-0.39, 0.29) is 18.1 Å². The second-order valence-electron chi connectivity index (χ2n) is 5.87. The highest BCUT2D eigenvalue weighted by molar-refractivity contribution is 7.91. The van der Waals surface area contributed by atoms with Crippen molar-refractivity contribution >= 4 is 21.4 Å². The Labute approximate surface area is 133 Å². The summed E-state index contributed by atoms with van der Waals surface area (Å²) in [7, 11) is -1.77. The highest BCUT2D eigenvalue weighted by Gasteiger charge is 2.38. The molecule has 22 heavy (non-hydrogen) atoms. The van der Waals surface area contributed by atoms with Gasteiger partial charge in [-0.05, 0) is 42.7 Å². The number of hydrogen-bond acceptors (Lipinski definition) is 5. The molecule has 1 aliphatic rings. The number of thiophene rings is 1. The minimum atomic E-state index is -3.57. The zero-order chi connectivity index (χ0) is 15.9. The minimum absolute atomic E-state index is 0.0926. The van der Waals surface area contributed by atoms with E-state index in [4.69, 9.17) is 0 Å². The molecule has 1 atom stereocenters. The molecule has 1 fully saturated rings. The Balaban J connectivity index is 1.87. The molecule has 2 aromatic rings. The van der Waals surface area contributed by atoms with E-state index in [0.29, 0.717) is 17.1 Å². The first-order chi connectivity index (χ1) is 10.3. The Kier molecular flexibility index (Phi) is 4.11. The van der Waals surface area contributed by atoms with Gasteiger partial charge in [-0.2, -0.15) is 5.10 Å². The first kappa shape index (κ1) is 15.7. The Morgan fingerprint density at radius 1 is 1.50 bits per heavy atom. The quantitative estimate of drug-likeness (QED) is 0.865. The summed E-state index contributed by atoms with van der Waals surface area (Å²) in [6.45, 7) is 1.87. The zero-order valence-corrected chi connectivity index (χ0v) is 14.1. The first-order valence-electron chi connectivity index (χ1n) is 7.09. The number of aryl methyl sites for hydroxylation is 2. The number of rotatable bonds is 5. The Morgan fingerprint density at radius 3 is 2.73 bits per heavy atom. The summed E-state index contributed by atoms with van der Waals surface area (Å²) in [6, 6.07) is 1.31. The van der Waals surface area contributed by atoms with Gasteiger partial charge in [-0.15, -0.1) is 11.3 Å². The molecule has 6 nitrogen and oxygen atoms in total. The van der Waals surface area contributed by atoms with Crippen LogP contribution in [0.25, 0.3) is 0 Å². The van der Waals surface area contributed by atoms with E-state index in [2.05, 4.69) is 9.82 Å². The lowest BCUT2D eigenvalue weighted by Crippen LogP contribution is -2.41. The summed E-state index contributed by atoms with van der Waals surface area (Å²) in [5.41, 5.74) is 1.76. The average Bonchev–Trinajstić information content (AvgIpc) is 3.02. The maximum atomic E-state index is 12.6. The predicted octanol–water partition coefficient (Wildman–Crippen LogP) is 1.58. The maximum absolute atomic E-state index is 12.6. The van der Waals surface area contributed by atoms with Crippen LogP contribution in [0.2, 0.25) is 0 Å². The van der Waals surface area contributed by atoms with Crippen molar-refractivity contribution in [3.05, 3.63) is 35.0 Å². The summed E-state index contributed by atoms with van der Waals surface area (Å²) in [5, 5.41) is 15.5. The largest absolute Gasteiger partial charge is 0.393 e. The molecular formula is C14H19N3O3S2. The van der Waals surface area contributed by atoms with Gasteiger partial charge in [0.2, 0.25) is 0 Å². The molecule has 1 unspecified atom stereocenters. The van der Waals surface area contributed by atoms with Gasteiger partial charge in [-0.3, -0.25) is 4.68 Å². The Bertz CT molecular complexity index is 760. The van der Waals surface area contributed by atoms with Crippen molar-refractivity contribution in [3.8, 4) is 0 Å². The smallest absolute Gasteiger partial charge is 0.250 e. The number of aliphatic hydroxyl groups is 1. The van der Waals surface area contributed by atoms with E-state index in [9.17, 15) is 13.5 Å². The number of aliphatic hydroxyl groups excluding tert-OH is 1. The highest BCUT2D eigenvalue weighted by Crippen LogP contribution is 2.39. The van der Waals surface area contributed by atoms with Crippen molar-refractivity contribution in [1.82, 2.24) is 14.5 Å². The molecule has 2 heterocycles. The van der Waals surface area contributed by atoms with Crippen LogP contribution in [0.1, 0.15) is 30.0 Å². The molecule has 0 radical (unpaired) electrons. The lowest BCUT2D eigenvalue weighted by molar-refractivity contribution is 0.0280. The van der Waals surface area contributed by atoms with Gasteiger partial charge in [0, 0.05) is 18.8 Å². The van der Waals surface area contributed by atoms with Crippen LogP contribution in [-0.4, -0.2) is 29.4 Å². The number of aromatic nitrogens is 2. The van der Waals surface area contributed by atoms with E-state index < -0.39 is 10.0 Å². The van der Waals surface area contributed by atoms with Crippen LogP contribution in [-0.2, 0) is 17.1 Å². The van der Waals surface area contributed by atoms with E-state index in [1.165, 1.54) is 11.3 Å². The fourth-order valence-corrected chi connectivity index (χ4v) is 5.25. The van der Waals surface area contributed by atoms with Crippen LogP contribution >= 0.6 is 11.3 Å². The van der Waals surface area contributed by atoms with Crippen LogP contribution in [0.4, 0.5) is 0 Å². The van der Waals surface area contributed by atoms with Gasteiger partial charge >= 0.3 is 0 Å². The van der Waals surface area contributed by atoms with Gasteiger partial charge in [0.1, 0.15) is 4.21 Å². The fraction of sp³-hybridized carbons (Fsp3) is 0.500. The van der Waals surface area contributed by atoms with Gasteiger partial charge in [0.05, 0.1) is 18.3 Å². The summed E-state index contributed by atoms with van der Waals surface area (Å²) in [5.74, 6) is 0.0926. The first-order valence-corrected chi connectivity index (χ1v) is 9.45. The monoisotopic (exact) mass is 341 g/mol. The number of nitrogens with zero attached hydrogens (tertiary/aromatic N) is 2. The molecule has 2 aromatic heterocycles. The molecule has 0 aromatic carbocycles. The normalized spacial score (nSPS) is 23.2. The SMILES string of the molecule is Cc1csc(S(=O)(=O)NC(c2cnn(C)c2)C2CC(O)C2)c1. The van der Waals surface area contributed by atoms with Gasteiger partial charge in [-0.25, -0.2) is 13.1 Å². The number of hydrogen-bond donors (Lipinski definition) is 2. The maximum Gasteiger partial charge on any atom is 0.250 e. The summed E-state index contributed by atoms with van der Waals surface area (Å²) < 4.78 is 29.9. The molecular weight excluding hydrogens is 322 g/mol. The minimum Gasteiger partial charge on any atom is -0.393 e. The molecule has 120 valence electrons. The van der Waals surface area contributed by atoms with E-state index in [1.54, 1.807) is 24.0 Å². The van der Waals surface area contributed by atoms with Gasteiger partial charge in [-0.1, -0.05) is 0 Å². The standard InChI is InChI=1S/C14H19N3O3S2/c1-9-3-13(21-8-9)22(19,20)16-14(10-4-12(18)5-10)11-6-15-17(2)7-11/h3,6-8,10,12,14,16,18H,4-5H2,1-2H3. The zero-order valence-electron chi connectivity index (χ0n) is 12.4. The lowest BCUT2D eigenvalue weighted by atomic mass is 9.76. The molecule has 0 aliphatic heterocycles. The molecule has 0 bridgehead atoms. The molecule has 1 aliphatic carbocycles. The summed E-state index contributed by atoms with van der Waals surface area (Å²) >= 11 is 1.22. The van der Waals surface area contributed by atoms with Crippen molar-refractivity contribution in [1.29, 1.82) is 0 Å². The van der Waals surface area contributed by atoms with Crippen molar-refractivity contribution in [2.45, 2.75) is 36.1 Å². The van der Waals surface area contributed by atoms with Gasteiger partial charge in [0.15, 0.2) is 0 Å². The third-order valence-corrected chi connectivity index (χ3v) is 6.96. The second-order valence-corrected chi connectivity index (χ2v) is 8.73. The Hall–Kier alpha value is -1.22. The molecule has 8 heteroatoms. The van der Waals surface area contributed by atoms with Crippen molar-refractivity contribution < 1.29 is 13.5 Å². The Morgan fingerprint density at radius 2 is 2.23 bits per heavy atom. The lowest BCUT2D eigenvalue weighted by Gasteiger charge is -2.37. The van der Waals surface area contributed by atoms with E-state index in [0.717, 1.165) is 11.1 Å². The van der Waals surface area contributed by atoms with Gasteiger partial charge in [0.25, 0.3) is 10.0 Å². The predicted molar refractivity (Wildman–Crippen MR) is 84.1 cm³/mol. The van der Waals surface area contributed by atoms with Crippen LogP contribution in [0, 0.1) is 12.8 Å². The molecule has 0 saturated heterocycles. The van der Waals surface area contributed by atoms with Crippen molar-refractivity contribution in [2.75, 3.05) is 0 Å². The van der Waals surface area contributed by atoms with Crippen molar-refractivity contribution in [2.24, 2.45) is 13.0 Å². The third kappa shape index (κ3) is 3.10. The molecule has 3 rings (SSSR count). The second kappa shape index (κ2) is 5.77. The average molecular weight is 341 g/mol. The topological polar surface area (TPSA) is 84.2 Å². The van der Waals surface area contributed by atoms with Crippen LogP contribution < -0.4 is 4.72 Å². The highest BCUT2D eigenvalue weighted by atomic mass is 32.2. The van der Waals surface area contributed by atoms with Gasteiger partial charge < -0.3 is 5.11 Å². The number of sulfonamides is 1. The van der Waals surface area contributed by atoms with E-state index >= 15 is 0 Å². The summed E-state index contributed by atoms with van der Waals surface area (Å²) in [6.07, 6.45) is 4.37. The molecule has 2 N–H and O–H groups in total. The van der Waals surface area contributed by atoms with Crippen LogP contribution in [0.3, 0.4) is 0 Å².